The van der Waals surface area contributed by atoms with Crippen molar-refractivity contribution in [3.63, 3.8) is 0 Å². The largest absolute Gasteiger partial charge is 0.431 e. The highest BCUT2D eigenvalue weighted by atomic mass is 35.5. The second kappa shape index (κ2) is 2.53. The minimum absolute atomic E-state index is 1.38. The Labute approximate surface area is 64.5 Å². The molecule has 0 aromatic heterocycles. The van der Waals surface area contributed by atoms with E-state index in [0.717, 1.165) is 0 Å². The Hall–Kier alpha value is -0.490. The smallest absolute Gasteiger partial charge is 0.414 e. The summed E-state index contributed by atoms with van der Waals surface area (Å²) in [6.07, 6.45) is -4.64. The fraction of sp³-hybridized carbons (Fsp3) is 0.750. The number of cyclic esters (lactones) is 1. The summed E-state index contributed by atoms with van der Waals surface area (Å²) in [5.74, 6) is -1.39. The molecule has 0 radical (unpaired) electrons. The van der Waals surface area contributed by atoms with Crippen LogP contribution in [-0.4, -0.2) is 23.9 Å². The number of ether oxygens (including phenoxy) is 1. The van der Waals surface area contributed by atoms with E-state index in [9.17, 15) is 18.0 Å². The zero-order valence-corrected chi connectivity index (χ0v) is 5.74. The lowest BCUT2D eigenvalue weighted by molar-refractivity contribution is -0.170. The van der Waals surface area contributed by atoms with Crippen molar-refractivity contribution in [1.82, 2.24) is 5.32 Å². The van der Waals surface area contributed by atoms with Gasteiger partial charge in [-0.3, -0.25) is 0 Å². The summed E-state index contributed by atoms with van der Waals surface area (Å²) in [6, 6.07) is -2.29. The van der Waals surface area contributed by atoms with E-state index in [1.807, 2.05) is 0 Å². The van der Waals surface area contributed by atoms with Gasteiger partial charge in [-0.15, -0.1) is 0 Å². The van der Waals surface area contributed by atoms with E-state index in [-0.39, 0.29) is 0 Å². The lowest BCUT2D eigenvalue weighted by atomic mass is 10.3. The molecule has 64 valence electrons. The molecule has 0 aromatic carbocycles. The highest BCUT2D eigenvalue weighted by molar-refractivity contribution is 6.20. The number of nitrogens with one attached hydrogen (secondary N) is 1. The number of rotatable bonds is 0. The van der Waals surface area contributed by atoms with Gasteiger partial charge in [0.25, 0.3) is 0 Å². The molecule has 1 heterocycles. The molecule has 0 spiro atoms. The lowest BCUT2D eigenvalue weighted by Gasteiger charge is -2.09. The summed E-state index contributed by atoms with van der Waals surface area (Å²) in [7, 11) is 0. The predicted octanol–water partition coefficient (Wildman–Crippen LogP) is 0.586. The first-order chi connectivity index (χ1) is 4.91. The molecule has 7 heteroatoms. The third-order valence-electron chi connectivity index (χ3n) is 1.08. The molecular formula is C4H3ClF3NO2. The summed E-state index contributed by atoms with van der Waals surface area (Å²) in [6.45, 7) is 0. The molecule has 0 aliphatic carbocycles. The maximum atomic E-state index is 11.8. The zero-order valence-electron chi connectivity index (χ0n) is 4.98. The van der Waals surface area contributed by atoms with E-state index in [1.54, 1.807) is 5.32 Å². The van der Waals surface area contributed by atoms with E-state index < -0.39 is 23.9 Å². The van der Waals surface area contributed by atoms with Crippen LogP contribution in [0.5, 0.6) is 0 Å². The third kappa shape index (κ3) is 1.75. The van der Waals surface area contributed by atoms with Gasteiger partial charge in [0.15, 0.2) is 0 Å². The van der Waals surface area contributed by atoms with Crippen LogP contribution in [0.1, 0.15) is 0 Å². The van der Waals surface area contributed by atoms with E-state index in [2.05, 4.69) is 4.74 Å². The zero-order chi connectivity index (χ0) is 8.65. The summed E-state index contributed by atoms with van der Waals surface area (Å²) < 4.78 is 39.3. The molecule has 3 nitrogen and oxygen atoms in total. The van der Waals surface area contributed by atoms with Crippen LogP contribution in [0.4, 0.5) is 13.2 Å². The molecule has 0 aromatic rings. The van der Waals surface area contributed by atoms with Gasteiger partial charge in [-0.1, -0.05) is 11.6 Å². The minimum atomic E-state index is -4.64. The van der Waals surface area contributed by atoms with Crippen LogP contribution in [0.25, 0.3) is 0 Å². The Kier molecular flexibility index (Phi) is 1.98. The SMILES string of the molecule is O=C1O[C@H](Cl)N[C@H]1C(F)(F)F. The predicted molar refractivity (Wildman–Crippen MR) is 28.7 cm³/mol. The number of carbonyl (C=O) groups excluding carboxylic acids is 1. The van der Waals surface area contributed by atoms with Crippen LogP contribution in [0.3, 0.4) is 0 Å². The lowest BCUT2D eigenvalue weighted by Crippen LogP contribution is -2.42. The van der Waals surface area contributed by atoms with Crippen molar-refractivity contribution >= 4 is 17.6 Å². The van der Waals surface area contributed by atoms with Crippen molar-refractivity contribution in [2.75, 3.05) is 0 Å². The Bertz CT molecular complexity index is 183. The van der Waals surface area contributed by atoms with Crippen LogP contribution >= 0.6 is 11.6 Å². The quantitative estimate of drug-likeness (QED) is 0.344. The van der Waals surface area contributed by atoms with Crippen LogP contribution in [0.15, 0.2) is 0 Å². The molecule has 11 heavy (non-hydrogen) atoms. The average Bonchev–Trinajstić information content (AvgIpc) is 2.08. The van der Waals surface area contributed by atoms with Crippen molar-refractivity contribution < 1.29 is 22.7 Å². The van der Waals surface area contributed by atoms with E-state index in [4.69, 9.17) is 11.6 Å². The van der Waals surface area contributed by atoms with E-state index in [0.29, 0.717) is 0 Å². The summed E-state index contributed by atoms with van der Waals surface area (Å²) in [4.78, 5) is 10.3. The number of hydrogen-bond donors (Lipinski definition) is 1. The van der Waals surface area contributed by atoms with Gasteiger partial charge < -0.3 is 4.74 Å². The summed E-state index contributed by atoms with van der Waals surface area (Å²) >= 11 is 5.05. The first-order valence-corrected chi connectivity index (χ1v) is 3.02. The van der Waals surface area contributed by atoms with Gasteiger partial charge >= 0.3 is 12.1 Å². The number of hydrogen-bond acceptors (Lipinski definition) is 3. The van der Waals surface area contributed by atoms with Crippen LogP contribution in [0, 0.1) is 0 Å². The first-order valence-electron chi connectivity index (χ1n) is 2.58. The molecule has 0 bridgehead atoms. The summed E-state index contributed by atoms with van der Waals surface area (Å²) in [5.41, 5.74) is -1.38. The molecule has 0 saturated carbocycles. The molecule has 1 N–H and O–H groups in total. The van der Waals surface area contributed by atoms with E-state index in [1.165, 1.54) is 0 Å². The Morgan fingerprint density at radius 1 is 1.55 bits per heavy atom. The molecule has 0 unspecified atom stereocenters. The maximum absolute atomic E-state index is 11.8. The van der Waals surface area contributed by atoms with Gasteiger partial charge in [0.05, 0.1) is 0 Å². The van der Waals surface area contributed by atoms with Crippen LogP contribution in [-0.2, 0) is 9.53 Å². The second-order valence-electron chi connectivity index (χ2n) is 1.89. The normalized spacial score (nSPS) is 32.2. The van der Waals surface area contributed by atoms with Crippen molar-refractivity contribution in [2.24, 2.45) is 0 Å². The third-order valence-corrected chi connectivity index (χ3v) is 1.30. The number of halogens is 4. The molecular weight excluding hydrogens is 186 g/mol. The van der Waals surface area contributed by atoms with E-state index >= 15 is 0 Å². The molecule has 1 saturated heterocycles. The highest BCUT2D eigenvalue weighted by Gasteiger charge is 2.51. The number of carbonyl (C=O) groups is 1. The van der Waals surface area contributed by atoms with Gasteiger partial charge in [-0.2, -0.15) is 13.2 Å². The molecule has 1 aliphatic heterocycles. The minimum Gasteiger partial charge on any atom is -0.431 e. The topological polar surface area (TPSA) is 38.3 Å². The van der Waals surface area contributed by atoms with Gasteiger partial charge in [0, 0.05) is 0 Å². The molecule has 1 aliphatic rings. The van der Waals surface area contributed by atoms with Crippen molar-refractivity contribution in [3.05, 3.63) is 0 Å². The molecule has 1 fully saturated rings. The van der Waals surface area contributed by atoms with Crippen LogP contribution < -0.4 is 5.32 Å². The molecule has 1 rings (SSSR count). The van der Waals surface area contributed by atoms with Crippen molar-refractivity contribution in [1.29, 1.82) is 0 Å². The van der Waals surface area contributed by atoms with Crippen LogP contribution in [0.2, 0.25) is 0 Å². The fourth-order valence-electron chi connectivity index (χ4n) is 0.631. The summed E-state index contributed by atoms with van der Waals surface area (Å²) in [5, 5.41) is 1.71. The fourth-order valence-corrected chi connectivity index (χ4v) is 0.845. The maximum Gasteiger partial charge on any atom is 0.414 e. The van der Waals surface area contributed by atoms with Gasteiger partial charge in [0.2, 0.25) is 11.7 Å². The number of esters is 1. The first kappa shape index (κ1) is 8.61. The average molecular weight is 190 g/mol. The standard InChI is InChI=1S/C4H3ClF3NO2/c5-3-9-1(2(10)11-3)4(6,7)8/h1,3,9H/t1-,3-/m1/s1. The van der Waals surface area contributed by atoms with Gasteiger partial charge in [-0.25, -0.2) is 10.1 Å². The van der Waals surface area contributed by atoms with Crippen molar-refractivity contribution in [2.45, 2.75) is 17.9 Å². The Balaban J connectivity index is 2.68. The molecule has 0 amide bonds. The van der Waals surface area contributed by atoms with Gasteiger partial charge in [-0.05, 0) is 0 Å². The monoisotopic (exact) mass is 189 g/mol. The molecule has 2 atom stereocenters. The Morgan fingerprint density at radius 2 is 2.09 bits per heavy atom. The number of alkyl halides is 4. The second-order valence-corrected chi connectivity index (χ2v) is 2.29. The van der Waals surface area contributed by atoms with Crippen molar-refractivity contribution in [3.8, 4) is 0 Å². The van der Waals surface area contributed by atoms with Gasteiger partial charge in [0.1, 0.15) is 0 Å². The highest BCUT2D eigenvalue weighted by Crippen LogP contribution is 2.25. The Morgan fingerprint density at radius 3 is 2.27 bits per heavy atom.